The minimum atomic E-state index is -1.62. The highest BCUT2D eigenvalue weighted by molar-refractivity contribution is 5.17. The third-order valence-corrected chi connectivity index (χ3v) is 2.42. The van der Waals surface area contributed by atoms with Crippen molar-refractivity contribution in [2.75, 3.05) is 6.61 Å². The van der Waals surface area contributed by atoms with Gasteiger partial charge in [-0.25, -0.2) is 8.78 Å². The SMILES string of the molecule is OCCCCCCc1c(F)c(F)nc(F)c1F. The molecule has 0 saturated carbocycles. The van der Waals surface area contributed by atoms with Crippen molar-refractivity contribution in [3.63, 3.8) is 0 Å². The van der Waals surface area contributed by atoms with Crippen LogP contribution in [0.15, 0.2) is 0 Å². The highest BCUT2D eigenvalue weighted by Crippen LogP contribution is 2.19. The number of pyridine rings is 1. The van der Waals surface area contributed by atoms with Crippen LogP contribution in [0.3, 0.4) is 0 Å². The number of aromatic nitrogens is 1. The summed E-state index contributed by atoms with van der Waals surface area (Å²) in [5.74, 6) is -6.08. The summed E-state index contributed by atoms with van der Waals surface area (Å²) in [6.45, 7) is 0.0568. The van der Waals surface area contributed by atoms with E-state index in [1.807, 2.05) is 0 Å². The Kier molecular flexibility index (Phi) is 5.34. The smallest absolute Gasteiger partial charge is 0.252 e. The van der Waals surface area contributed by atoms with Gasteiger partial charge >= 0.3 is 0 Å². The van der Waals surface area contributed by atoms with Gasteiger partial charge in [0.05, 0.1) is 0 Å². The molecule has 0 amide bonds. The normalized spacial score (nSPS) is 10.9. The number of aliphatic hydroxyl groups is 1. The molecule has 2 nitrogen and oxygen atoms in total. The van der Waals surface area contributed by atoms with Crippen molar-refractivity contribution in [3.8, 4) is 0 Å². The average Bonchev–Trinajstić information content (AvgIpc) is 2.30. The van der Waals surface area contributed by atoms with Gasteiger partial charge in [0, 0.05) is 12.2 Å². The molecule has 1 aromatic rings. The Morgan fingerprint density at radius 2 is 1.35 bits per heavy atom. The first-order valence-electron chi connectivity index (χ1n) is 5.37. The van der Waals surface area contributed by atoms with E-state index >= 15 is 0 Å². The number of nitrogens with zero attached hydrogens (tertiary/aromatic N) is 1. The van der Waals surface area contributed by atoms with Gasteiger partial charge in [0.25, 0.3) is 11.9 Å². The molecule has 0 aromatic carbocycles. The van der Waals surface area contributed by atoms with Gasteiger partial charge in [0.1, 0.15) is 0 Å². The highest BCUT2D eigenvalue weighted by Gasteiger charge is 2.19. The molecule has 1 aromatic heterocycles. The summed E-state index contributed by atoms with van der Waals surface area (Å²) in [6.07, 6.45) is 2.25. The van der Waals surface area contributed by atoms with Crippen LogP contribution in [0.25, 0.3) is 0 Å². The van der Waals surface area contributed by atoms with Crippen LogP contribution in [-0.4, -0.2) is 16.7 Å². The molecular weight excluding hydrogens is 238 g/mol. The van der Waals surface area contributed by atoms with Crippen molar-refractivity contribution in [2.45, 2.75) is 32.1 Å². The van der Waals surface area contributed by atoms with Gasteiger partial charge < -0.3 is 5.11 Å². The van der Waals surface area contributed by atoms with Crippen LogP contribution in [0.2, 0.25) is 0 Å². The highest BCUT2D eigenvalue weighted by atomic mass is 19.2. The summed E-state index contributed by atoms with van der Waals surface area (Å²) in [5.41, 5.74) is -0.598. The fraction of sp³-hybridized carbons (Fsp3) is 0.545. The monoisotopic (exact) mass is 251 g/mol. The van der Waals surface area contributed by atoms with Crippen LogP contribution in [-0.2, 0) is 6.42 Å². The molecule has 17 heavy (non-hydrogen) atoms. The Morgan fingerprint density at radius 1 is 0.824 bits per heavy atom. The van der Waals surface area contributed by atoms with E-state index in [-0.39, 0.29) is 13.0 Å². The van der Waals surface area contributed by atoms with Gasteiger partial charge in [-0.1, -0.05) is 12.8 Å². The van der Waals surface area contributed by atoms with E-state index in [4.69, 9.17) is 5.11 Å². The minimum Gasteiger partial charge on any atom is -0.396 e. The minimum absolute atomic E-state index is 0.0568. The van der Waals surface area contributed by atoms with Crippen molar-refractivity contribution in [1.82, 2.24) is 4.98 Å². The Balaban J connectivity index is 2.64. The number of hydrogen-bond acceptors (Lipinski definition) is 2. The van der Waals surface area contributed by atoms with E-state index in [9.17, 15) is 17.6 Å². The predicted molar refractivity (Wildman–Crippen MR) is 53.3 cm³/mol. The molecule has 1 N–H and O–H groups in total. The first-order valence-corrected chi connectivity index (χ1v) is 5.37. The Bertz CT molecular complexity index is 358. The van der Waals surface area contributed by atoms with E-state index in [1.165, 1.54) is 0 Å². The molecule has 0 aliphatic heterocycles. The third-order valence-electron chi connectivity index (χ3n) is 2.42. The third kappa shape index (κ3) is 3.66. The second-order valence-corrected chi connectivity index (χ2v) is 3.69. The summed E-state index contributed by atoms with van der Waals surface area (Å²) in [6, 6.07) is 0. The first kappa shape index (κ1) is 13.9. The zero-order valence-corrected chi connectivity index (χ0v) is 9.15. The van der Waals surface area contributed by atoms with Gasteiger partial charge in [-0.15, -0.1) is 0 Å². The van der Waals surface area contributed by atoms with Crippen LogP contribution in [0.4, 0.5) is 17.6 Å². The van der Waals surface area contributed by atoms with Gasteiger partial charge in [-0.3, -0.25) is 0 Å². The molecule has 0 aliphatic rings. The van der Waals surface area contributed by atoms with Gasteiger partial charge in [0.15, 0.2) is 11.6 Å². The van der Waals surface area contributed by atoms with E-state index in [1.54, 1.807) is 0 Å². The molecule has 0 fully saturated rings. The molecule has 0 bridgehead atoms. The van der Waals surface area contributed by atoms with Crippen molar-refractivity contribution in [3.05, 3.63) is 29.1 Å². The van der Waals surface area contributed by atoms with Crippen LogP contribution in [0, 0.1) is 23.5 Å². The second kappa shape index (κ2) is 6.54. The summed E-state index contributed by atoms with van der Waals surface area (Å²) < 4.78 is 51.7. The fourth-order valence-electron chi connectivity index (χ4n) is 1.52. The van der Waals surface area contributed by atoms with Crippen molar-refractivity contribution in [1.29, 1.82) is 0 Å². The summed E-state index contributed by atoms with van der Waals surface area (Å²) in [7, 11) is 0. The number of aliphatic hydroxyl groups excluding tert-OH is 1. The molecule has 0 radical (unpaired) electrons. The molecule has 0 atom stereocenters. The van der Waals surface area contributed by atoms with E-state index in [2.05, 4.69) is 4.98 Å². The van der Waals surface area contributed by atoms with E-state index in [0.717, 1.165) is 0 Å². The maximum atomic E-state index is 13.1. The maximum Gasteiger partial charge on any atom is 0.252 e. The predicted octanol–water partition coefficient (Wildman–Crippen LogP) is 2.73. The lowest BCUT2D eigenvalue weighted by Crippen LogP contribution is -2.06. The molecule has 96 valence electrons. The largest absolute Gasteiger partial charge is 0.396 e. The van der Waals surface area contributed by atoms with E-state index < -0.39 is 29.1 Å². The first-order chi connectivity index (χ1) is 8.07. The molecule has 1 rings (SSSR count). The molecule has 1 heterocycles. The molecule has 6 heteroatoms. The quantitative estimate of drug-likeness (QED) is 0.479. The maximum absolute atomic E-state index is 13.1. The lowest BCUT2D eigenvalue weighted by atomic mass is 10.1. The van der Waals surface area contributed by atoms with Gasteiger partial charge in [-0.2, -0.15) is 13.8 Å². The number of hydrogen-bond donors (Lipinski definition) is 1. The van der Waals surface area contributed by atoms with Crippen molar-refractivity contribution < 1.29 is 22.7 Å². The lowest BCUT2D eigenvalue weighted by molar-refractivity contribution is 0.282. The molecule has 0 unspecified atom stereocenters. The molecule has 0 saturated heterocycles. The Labute approximate surface area is 96.3 Å². The summed E-state index contributed by atoms with van der Waals surface area (Å²) in [5, 5.41) is 8.52. The average molecular weight is 251 g/mol. The fourth-order valence-corrected chi connectivity index (χ4v) is 1.52. The van der Waals surface area contributed by atoms with Crippen molar-refractivity contribution >= 4 is 0 Å². The Hall–Kier alpha value is -1.17. The summed E-state index contributed by atoms with van der Waals surface area (Å²) in [4.78, 5) is 2.47. The lowest BCUT2D eigenvalue weighted by Gasteiger charge is -2.05. The number of unbranched alkanes of at least 4 members (excludes halogenated alkanes) is 3. The second-order valence-electron chi connectivity index (χ2n) is 3.69. The van der Waals surface area contributed by atoms with Crippen LogP contribution >= 0.6 is 0 Å². The van der Waals surface area contributed by atoms with Gasteiger partial charge in [-0.05, 0) is 19.3 Å². The number of halogens is 4. The van der Waals surface area contributed by atoms with Crippen LogP contribution < -0.4 is 0 Å². The van der Waals surface area contributed by atoms with Crippen LogP contribution in [0.5, 0.6) is 0 Å². The summed E-state index contributed by atoms with van der Waals surface area (Å²) >= 11 is 0. The molecular formula is C11H13F4NO. The van der Waals surface area contributed by atoms with Gasteiger partial charge in [0.2, 0.25) is 0 Å². The standard InChI is InChI=1S/C11H13F4NO/c12-8-7(5-3-1-2-4-6-17)9(13)11(15)16-10(8)14/h17H,1-6H2. The molecule has 0 spiro atoms. The Morgan fingerprint density at radius 3 is 1.88 bits per heavy atom. The topological polar surface area (TPSA) is 33.1 Å². The van der Waals surface area contributed by atoms with Crippen LogP contribution in [0.1, 0.15) is 31.2 Å². The van der Waals surface area contributed by atoms with E-state index in [0.29, 0.717) is 25.7 Å². The zero-order chi connectivity index (χ0) is 12.8. The zero-order valence-electron chi connectivity index (χ0n) is 9.15. The molecule has 0 aliphatic carbocycles. The van der Waals surface area contributed by atoms with Crippen molar-refractivity contribution in [2.24, 2.45) is 0 Å². The number of rotatable bonds is 6.